The van der Waals surface area contributed by atoms with Gasteiger partial charge in [-0.2, -0.15) is 0 Å². The second kappa shape index (κ2) is 7.11. The smallest absolute Gasteiger partial charge is 0.488 e. The molecule has 4 bridgehead atoms. The maximum absolute atomic E-state index is 9.46. The molecule has 4 aliphatic rings. The molecule has 3 aromatic carbocycles. The van der Waals surface area contributed by atoms with Crippen molar-refractivity contribution in [2.24, 2.45) is 17.8 Å². The Balaban J connectivity index is 1.42. The minimum absolute atomic E-state index is 0.291. The minimum atomic E-state index is -1.44. The minimum Gasteiger partial charge on any atom is -0.496 e. The summed E-state index contributed by atoms with van der Waals surface area (Å²) in [6.07, 6.45) is 8.29. The molecule has 0 heterocycles. The average molecular weight is 412 g/mol. The van der Waals surface area contributed by atoms with Crippen molar-refractivity contribution < 1.29 is 14.8 Å². The van der Waals surface area contributed by atoms with Crippen molar-refractivity contribution in [1.29, 1.82) is 0 Å². The Kier molecular flexibility index (Phi) is 4.45. The third kappa shape index (κ3) is 3.19. The Morgan fingerprint density at radius 1 is 0.774 bits per heavy atom. The fourth-order valence-electron chi connectivity index (χ4n) is 7.35. The monoisotopic (exact) mass is 412 g/mol. The first-order chi connectivity index (χ1) is 15.0. The van der Waals surface area contributed by atoms with Crippen LogP contribution < -0.4 is 10.2 Å². The molecule has 4 fully saturated rings. The summed E-state index contributed by atoms with van der Waals surface area (Å²) in [6.45, 7) is 0. The summed E-state index contributed by atoms with van der Waals surface area (Å²) in [5, 5.41) is 21.0. The molecule has 7 rings (SSSR count). The highest BCUT2D eigenvalue weighted by molar-refractivity contribution is 6.58. The largest absolute Gasteiger partial charge is 0.496 e. The van der Waals surface area contributed by atoms with Gasteiger partial charge in [-0.05, 0) is 107 Å². The molecule has 0 amide bonds. The first kappa shape index (κ1) is 19.4. The summed E-state index contributed by atoms with van der Waals surface area (Å²) in [6, 6.07) is 18.8. The lowest BCUT2D eigenvalue weighted by Crippen LogP contribution is -2.48. The van der Waals surface area contributed by atoms with Gasteiger partial charge in [0, 0.05) is 5.56 Å². The molecule has 158 valence electrons. The fraction of sp³-hybridized carbons (Fsp3) is 0.407. The van der Waals surface area contributed by atoms with Crippen molar-refractivity contribution in [3.05, 3.63) is 60.2 Å². The highest BCUT2D eigenvalue weighted by atomic mass is 16.5. The fourth-order valence-corrected chi connectivity index (χ4v) is 7.35. The van der Waals surface area contributed by atoms with Crippen LogP contribution in [0.3, 0.4) is 0 Å². The zero-order chi connectivity index (χ0) is 21.2. The predicted octanol–water partition coefficient (Wildman–Crippen LogP) is 4.66. The van der Waals surface area contributed by atoms with Gasteiger partial charge in [0.15, 0.2) is 0 Å². The SMILES string of the molecule is COc1ccc(-c2ccc3cc(B(O)O)ccc3c2)cc1C12CC3CC(CC(C3)C1)C2. The van der Waals surface area contributed by atoms with E-state index in [0.717, 1.165) is 34.3 Å². The zero-order valence-corrected chi connectivity index (χ0v) is 18.1. The summed E-state index contributed by atoms with van der Waals surface area (Å²) >= 11 is 0. The molecule has 31 heavy (non-hydrogen) atoms. The molecule has 4 saturated carbocycles. The van der Waals surface area contributed by atoms with Crippen LogP contribution in [-0.4, -0.2) is 24.3 Å². The van der Waals surface area contributed by atoms with Crippen LogP contribution in [0, 0.1) is 17.8 Å². The van der Waals surface area contributed by atoms with E-state index in [0.29, 0.717) is 10.9 Å². The molecule has 4 aliphatic carbocycles. The summed E-state index contributed by atoms with van der Waals surface area (Å²) in [5.74, 6) is 3.75. The molecule has 0 aliphatic heterocycles. The van der Waals surface area contributed by atoms with Gasteiger partial charge >= 0.3 is 7.12 Å². The normalized spacial score (nSPS) is 28.8. The maximum atomic E-state index is 9.46. The molecule has 3 nitrogen and oxygen atoms in total. The van der Waals surface area contributed by atoms with Gasteiger partial charge in [-0.3, -0.25) is 0 Å². The Morgan fingerprint density at radius 2 is 1.35 bits per heavy atom. The predicted molar refractivity (Wildman–Crippen MR) is 126 cm³/mol. The van der Waals surface area contributed by atoms with Crippen LogP contribution in [0.25, 0.3) is 21.9 Å². The summed E-state index contributed by atoms with van der Waals surface area (Å²) in [7, 11) is 0.371. The lowest BCUT2D eigenvalue weighted by Gasteiger charge is -2.57. The number of hydrogen-bond donors (Lipinski definition) is 2. The molecule has 2 N–H and O–H groups in total. The molecule has 3 aromatic rings. The Hall–Kier alpha value is -2.30. The molecular weight excluding hydrogens is 383 g/mol. The van der Waals surface area contributed by atoms with E-state index in [1.54, 1.807) is 6.07 Å². The molecule has 0 spiro atoms. The summed E-state index contributed by atoms with van der Waals surface area (Å²) in [4.78, 5) is 0. The van der Waals surface area contributed by atoms with Gasteiger partial charge in [-0.1, -0.05) is 36.4 Å². The van der Waals surface area contributed by atoms with Crippen LogP contribution in [0.1, 0.15) is 44.1 Å². The van der Waals surface area contributed by atoms with Crippen molar-refractivity contribution in [3.8, 4) is 16.9 Å². The first-order valence-electron chi connectivity index (χ1n) is 11.6. The van der Waals surface area contributed by atoms with E-state index in [-0.39, 0.29) is 0 Å². The molecule has 0 unspecified atom stereocenters. The molecule has 0 saturated heterocycles. The van der Waals surface area contributed by atoms with Crippen LogP contribution >= 0.6 is 0 Å². The zero-order valence-electron chi connectivity index (χ0n) is 18.1. The van der Waals surface area contributed by atoms with E-state index in [1.165, 1.54) is 55.2 Å². The third-order valence-corrected chi connectivity index (χ3v) is 8.30. The number of hydrogen-bond acceptors (Lipinski definition) is 3. The second-order valence-corrected chi connectivity index (χ2v) is 10.3. The number of ether oxygens (including phenoxy) is 1. The quantitative estimate of drug-likeness (QED) is 0.613. The van der Waals surface area contributed by atoms with Crippen LogP contribution in [0.4, 0.5) is 0 Å². The van der Waals surface area contributed by atoms with Crippen LogP contribution in [0.5, 0.6) is 5.75 Å². The average Bonchev–Trinajstić information content (AvgIpc) is 2.77. The molecular formula is C27H29BO3. The topological polar surface area (TPSA) is 49.7 Å². The first-order valence-corrected chi connectivity index (χ1v) is 11.6. The Labute approximate surface area is 184 Å². The van der Waals surface area contributed by atoms with Crippen molar-refractivity contribution in [2.45, 2.75) is 43.9 Å². The van der Waals surface area contributed by atoms with E-state index < -0.39 is 7.12 Å². The van der Waals surface area contributed by atoms with Crippen molar-refractivity contribution >= 4 is 23.4 Å². The summed E-state index contributed by atoms with van der Waals surface area (Å²) in [5.41, 5.74) is 4.66. The van der Waals surface area contributed by atoms with Crippen molar-refractivity contribution in [2.75, 3.05) is 7.11 Å². The van der Waals surface area contributed by atoms with Crippen LogP contribution in [0.2, 0.25) is 0 Å². The highest BCUT2D eigenvalue weighted by Gasteiger charge is 2.52. The number of methoxy groups -OCH3 is 1. The van der Waals surface area contributed by atoms with Gasteiger partial charge in [-0.25, -0.2) is 0 Å². The van der Waals surface area contributed by atoms with E-state index in [2.05, 4.69) is 36.4 Å². The van der Waals surface area contributed by atoms with E-state index in [9.17, 15) is 10.0 Å². The lowest BCUT2D eigenvalue weighted by atomic mass is 9.48. The number of benzene rings is 3. The van der Waals surface area contributed by atoms with Crippen LogP contribution in [0.15, 0.2) is 54.6 Å². The van der Waals surface area contributed by atoms with Gasteiger partial charge in [0.2, 0.25) is 0 Å². The second-order valence-electron chi connectivity index (χ2n) is 10.3. The highest BCUT2D eigenvalue weighted by Crippen LogP contribution is 2.62. The van der Waals surface area contributed by atoms with Crippen molar-refractivity contribution in [3.63, 3.8) is 0 Å². The van der Waals surface area contributed by atoms with Gasteiger partial charge in [0.25, 0.3) is 0 Å². The van der Waals surface area contributed by atoms with E-state index in [1.807, 2.05) is 19.2 Å². The Morgan fingerprint density at radius 3 is 2.00 bits per heavy atom. The van der Waals surface area contributed by atoms with Gasteiger partial charge in [0.05, 0.1) is 7.11 Å². The van der Waals surface area contributed by atoms with Crippen molar-refractivity contribution in [1.82, 2.24) is 0 Å². The standard InChI is InChI=1S/C27H29BO3/c1-31-26-7-5-23(20-2-3-22-12-24(28(29)30)6-4-21(22)11-20)13-25(26)27-14-17-8-18(15-27)10-19(9-17)16-27/h2-7,11-13,17-19,29-30H,8-10,14-16H2,1H3. The maximum Gasteiger partial charge on any atom is 0.488 e. The number of fused-ring (bicyclic) bond motifs is 1. The van der Waals surface area contributed by atoms with Gasteiger partial charge < -0.3 is 14.8 Å². The van der Waals surface area contributed by atoms with Gasteiger partial charge in [-0.15, -0.1) is 0 Å². The lowest BCUT2D eigenvalue weighted by molar-refractivity contribution is -0.00613. The molecule has 4 heteroatoms. The van der Waals surface area contributed by atoms with Gasteiger partial charge in [0.1, 0.15) is 5.75 Å². The van der Waals surface area contributed by atoms with E-state index in [4.69, 9.17) is 4.74 Å². The molecule has 0 aromatic heterocycles. The molecule has 0 radical (unpaired) electrons. The Bertz CT molecular complexity index is 1120. The summed E-state index contributed by atoms with van der Waals surface area (Å²) < 4.78 is 5.88. The number of rotatable bonds is 4. The third-order valence-electron chi connectivity index (χ3n) is 8.30. The molecule has 0 atom stereocenters. The van der Waals surface area contributed by atoms with Crippen LogP contribution in [-0.2, 0) is 5.41 Å². The van der Waals surface area contributed by atoms with E-state index >= 15 is 0 Å².